The van der Waals surface area contributed by atoms with E-state index in [1.807, 2.05) is 0 Å². The molecule has 1 aromatic rings. The van der Waals surface area contributed by atoms with Crippen molar-refractivity contribution in [1.29, 1.82) is 0 Å². The fraction of sp³-hybridized carbons (Fsp3) is 0.462. The standard InChI is InChI=1S/C13H19N3O2/c1-16-6-2-3-10(8-16)15-12-7-9(14)4-5-11(12)13(17)18/h4-5,7,10,15H,2-3,6,8,14H2,1H3,(H,17,18). The molecule has 4 N–H and O–H groups in total. The molecule has 1 heterocycles. The Kier molecular flexibility index (Phi) is 3.72. The number of hydrogen-bond acceptors (Lipinski definition) is 4. The lowest BCUT2D eigenvalue weighted by molar-refractivity contribution is 0.0698. The molecule has 1 fully saturated rings. The maximum atomic E-state index is 11.1. The predicted molar refractivity (Wildman–Crippen MR) is 72.0 cm³/mol. The van der Waals surface area contributed by atoms with Gasteiger partial charge in [0.25, 0.3) is 0 Å². The molecule has 1 aromatic carbocycles. The monoisotopic (exact) mass is 249 g/mol. The van der Waals surface area contributed by atoms with E-state index in [2.05, 4.69) is 17.3 Å². The summed E-state index contributed by atoms with van der Waals surface area (Å²) in [5, 5.41) is 12.4. The molecule has 2 rings (SSSR count). The van der Waals surface area contributed by atoms with E-state index in [1.54, 1.807) is 18.2 Å². The second kappa shape index (κ2) is 5.27. The number of carboxylic acid groups (broad SMARTS) is 1. The second-order valence-corrected chi connectivity index (χ2v) is 4.86. The highest BCUT2D eigenvalue weighted by atomic mass is 16.4. The average Bonchev–Trinajstić information content (AvgIpc) is 2.28. The van der Waals surface area contributed by atoms with Gasteiger partial charge in [0, 0.05) is 18.3 Å². The quantitative estimate of drug-likeness (QED) is 0.707. The fourth-order valence-electron chi connectivity index (χ4n) is 2.37. The molecule has 98 valence electrons. The van der Waals surface area contributed by atoms with E-state index >= 15 is 0 Å². The Labute approximate surface area is 107 Å². The van der Waals surface area contributed by atoms with Crippen molar-refractivity contribution in [1.82, 2.24) is 4.90 Å². The number of nitrogen functional groups attached to an aromatic ring is 1. The number of nitrogens with one attached hydrogen (secondary N) is 1. The van der Waals surface area contributed by atoms with Crippen molar-refractivity contribution < 1.29 is 9.90 Å². The van der Waals surface area contributed by atoms with Crippen molar-refractivity contribution in [3.63, 3.8) is 0 Å². The highest BCUT2D eigenvalue weighted by Crippen LogP contribution is 2.22. The number of benzene rings is 1. The van der Waals surface area contributed by atoms with Crippen LogP contribution in [-0.4, -0.2) is 42.2 Å². The number of carboxylic acids is 1. The van der Waals surface area contributed by atoms with Crippen molar-refractivity contribution >= 4 is 17.3 Å². The third kappa shape index (κ3) is 2.92. The summed E-state index contributed by atoms with van der Waals surface area (Å²) >= 11 is 0. The number of likely N-dealkylation sites (tertiary alicyclic amines) is 1. The van der Waals surface area contributed by atoms with Crippen LogP contribution in [-0.2, 0) is 0 Å². The summed E-state index contributed by atoms with van der Waals surface area (Å²) in [4.78, 5) is 13.4. The van der Waals surface area contributed by atoms with Crippen molar-refractivity contribution in [2.45, 2.75) is 18.9 Å². The van der Waals surface area contributed by atoms with Crippen LogP contribution in [0.3, 0.4) is 0 Å². The van der Waals surface area contributed by atoms with Crippen molar-refractivity contribution in [2.75, 3.05) is 31.2 Å². The Bertz CT molecular complexity index is 448. The summed E-state index contributed by atoms with van der Waals surface area (Å²) in [6.07, 6.45) is 2.18. The van der Waals surface area contributed by atoms with E-state index in [0.29, 0.717) is 11.4 Å². The molecule has 1 unspecified atom stereocenters. The molecule has 0 amide bonds. The van der Waals surface area contributed by atoms with Gasteiger partial charge in [0.1, 0.15) is 0 Å². The number of likely N-dealkylation sites (N-methyl/N-ethyl adjacent to an activating group) is 1. The van der Waals surface area contributed by atoms with Crippen LogP contribution in [0, 0.1) is 0 Å². The van der Waals surface area contributed by atoms with E-state index in [4.69, 9.17) is 10.8 Å². The molecule has 1 aliphatic rings. The minimum atomic E-state index is -0.929. The summed E-state index contributed by atoms with van der Waals surface area (Å²) in [7, 11) is 2.07. The third-order valence-electron chi connectivity index (χ3n) is 3.26. The SMILES string of the molecule is CN1CCCC(Nc2cc(N)ccc2C(=O)O)C1. The fourth-order valence-corrected chi connectivity index (χ4v) is 2.37. The molecule has 0 radical (unpaired) electrons. The number of aromatic carboxylic acids is 1. The average molecular weight is 249 g/mol. The van der Waals surface area contributed by atoms with Gasteiger partial charge in [-0.1, -0.05) is 0 Å². The smallest absolute Gasteiger partial charge is 0.337 e. The summed E-state index contributed by atoms with van der Waals surface area (Å²) in [6.45, 7) is 2.02. The van der Waals surface area contributed by atoms with Gasteiger partial charge in [0.15, 0.2) is 0 Å². The maximum absolute atomic E-state index is 11.1. The van der Waals surface area contributed by atoms with Gasteiger partial charge in [0.05, 0.1) is 11.3 Å². The van der Waals surface area contributed by atoms with Gasteiger partial charge in [-0.25, -0.2) is 4.79 Å². The molecular formula is C13H19N3O2. The number of nitrogens with zero attached hydrogens (tertiary/aromatic N) is 1. The highest BCUT2D eigenvalue weighted by molar-refractivity contribution is 5.95. The van der Waals surface area contributed by atoms with Crippen LogP contribution in [0.5, 0.6) is 0 Å². The van der Waals surface area contributed by atoms with E-state index in [1.165, 1.54) is 0 Å². The zero-order chi connectivity index (χ0) is 13.1. The van der Waals surface area contributed by atoms with Crippen LogP contribution in [0.25, 0.3) is 0 Å². The molecule has 0 aromatic heterocycles. The van der Waals surface area contributed by atoms with Crippen molar-refractivity contribution in [2.24, 2.45) is 0 Å². The van der Waals surface area contributed by atoms with Gasteiger partial charge >= 0.3 is 5.97 Å². The maximum Gasteiger partial charge on any atom is 0.337 e. The summed E-state index contributed by atoms with van der Waals surface area (Å²) < 4.78 is 0. The molecule has 0 aliphatic carbocycles. The third-order valence-corrected chi connectivity index (χ3v) is 3.26. The number of piperidine rings is 1. The number of anilines is 2. The largest absolute Gasteiger partial charge is 0.478 e. The van der Waals surface area contributed by atoms with Gasteiger partial charge < -0.3 is 21.1 Å². The van der Waals surface area contributed by atoms with E-state index in [0.717, 1.165) is 25.9 Å². The van der Waals surface area contributed by atoms with Gasteiger partial charge in [-0.05, 0) is 44.6 Å². The van der Waals surface area contributed by atoms with Crippen LogP contribution >= 0.6 is 0 Å². The molecule has 18 heavy (non-hydrogen) atoms. The van der Waals surface area contributed by atoms with Crippen LogP contribution in [0.2, 0.25) is 0 Å². The zero-order valence-electron chi connectivity index (χ0n) is 10.5. The molecule has 5 heteroatoms. The molecule has 0 bridgehead atoms. The molecule has 0 saturated carbocycles. The van der Waals surface area contributed by atoms with Crippen LogP contribution in [0.15, 0.2) is 18.2 Å². The summed E-state index contributed by atoms with van der Waals surface area (Å²) in [5.41, 5.74) is 7.18. The van der Waals surface area contributed by atoms with Gasteiger partial charge in [-0.2, -0.15) is 0 Å². The van der Waals surface area contributed by atoms with E-state index < -0.39 is 5.97 Å². The Morgan fingerprint density at radius 3 is 3.00 bits per heavy atom. The van der Waals surface area contributed by atoms with Crippen molar-refractivity contribution in [3.8, 4) is 0 Å². The van der Waals surface area contributed by atoms with Crippen LogP contribution in [0.4, 0.5) is 11.4 Å². The van der Waals surface area contributed by atoms with Gasteiger partial charge in [-0.3, -0.25) is 0 Å². The molecule has 0 spiro atoms. The number of nitrogens with two attached hydrogens (primary N) is 1. The first-order chi connectivity index (χ1) is 8.56. The lowest BCUT2D eigenvalue weighted by Crippen LogP contribution is -2.40. The Balaban J connectivity index is 2.16. The molecule has 1 atom stereocenters. The first kappa shape index (κ1) is 12.7. The number of hydrogen-bond donors (Lipinski definition) is 3. The van der Waals surface area contributed by atoms with Crippen molar-refractivity contribution in [3.05, 3.63) is 23.8 Å². The zero-order valence-corrected chi connectivity index (χ0v) is 10.5. The van der Waals surface area contributed by atoms with E-state index in [9.17, 15) is 4.79 Å². The molecular weight excluding hydrogens is 230 g/mol. The Hall–Kier alpha value is -1.75. The number of carbonyl (C=O) groups is 1. The number of rotatable bonds is 3. The first-order valence-electron chi connectivity index (χ1n) is 6.14. The normalized spacial score (nSPS) is 20.6. The van der Waals surface area contributed by atoms with Crippen LogP contribution < -0.4 is 11.1 Å². The molecule has 1 saturated heterocycles. The lowest BCUT2D eigenvalue weighted by Gasteiger charge is -2.31. The van der Waals surface area contributed by atoms with Gasteiger partial charge in [0.2, 0.25) is 0 Å². The summed E-state index contributed by atoms with van der Waals surface area (Å²) in [5.74, 6) is -0.929. The second-order valence-electron chi connectivity index (χ2n) is 4.86. The van der Waals surface area contributed by atoms with Crippen LogP contribution in [0.1, 0.15) is 23.2 Å². The predicted octanol–water partition coefficient (Wildman–Crippen LogP) is 1.47. The molecule has 5 nitrogen and oxygen atoms in total. The Morgan fingerprint density at radius 1 is 1.56 bits per heavy atom. The lowest BCUT2D eigenvalue weighted by atomic mass is 10.0. The molecule has 1 aliphatic heterocycles. The highest BCUT2D eigenvalue weighted by Gasteiger charge is 2.19. The minimum absolute atomic E-state index is 0.275. The topological polar surface area (TPSA) is 78.6 Å². The summed E-state index contributed by atoms with van der Waals surface area (Å²) in [6, 6.07) is 5.13. The van der Waals surface area contributed by atoms with Gasteiger partial charge in [-0.15, -0.1) is 0 Å². The Morgan fingerprint density at radius 2 is 2.33 bits per heavy atom. The minimum Gasteiger partial charge on any atom is -0.478 e. The van der Waals surface area contributed by atoms with E-state index in [-0.39, 0.29) is 11.6 Å². The first-order valence-corrected chi connectivity index (χ1v) is 6.14.